The second-order valence-electron chi connectivity index (χ2n) is 6.75. The predicted molar refractivity (Wildman–Crippen MR) is 97.8 cm³/mol. The van der Waals surface area contributed by atoms with E-state index in [9.17, 15) is 4.79 Å². The quantitative estimate of drug-likeness (QED) is 0.937. The van der Waals surface area contributed by atoms with Crippen molar-refractivity contribution in [2.75, 3.05) is 26.7 Å². The Morgan fingerprint density at radius 2 is 1.83 bits per heavy atom. The van der Waals surface area contributed by atoms with E-state index in [2.05, 4.69) is 28.9 Å². The molecule has 128 valence electrons. The van der Waals surface area contributed by atoms with Gasteiger partial charge in [-0.25, -0.2) is 0 Å². The summed E-state index contributed by atoms with van der Waals surface area (Å²) in [5, 5.41) is 3.24. The van der Waals surface area contributed by atoms with Gasteiger partial charge in [0.2, 0.25) is 0 Å². The summed E-state index contributed by atoms with van der Waals surface area (Å²) in [6.45, 7) is 6.88. The predicted octanol–water partition coefficient (Wildman–Crippen LogP) is 3.17. The number of carbonyl (C=O) groups is 1. The van der Waals surface area contributed by atoms with Crippen LogP contribution in [0.2, 0.25) is 0 Å². The average molecular weight is 325 g/mol. The van der Waals surface area contributed by atoms with E-state index in [0.29, 0.717) is 5.92 Å². The van der Waals surface area contributed by atoms with Crippen molar-refractivity contribution in [3.8, 4) is 5.69 Å². The second-order valence-corrected chi connectivity index (χ2v) is 6.75. The molecule has 0 unspecified atom stereocenters. The minimum absolute atomic E-state index is 0.174. The smallest absolute Gasteiger partial charge is 0.255 e. The first kappa shape index (κ1) is 16.8. The SMILES string of the molecule is CNCC1CCN(C(=O)c2cc(C)n(-c3ccccc3)c2C)CC1. The van der Waals surface area contributed by atoms with Crippen LogP contribution in [-0.4, -0.2) is 42.1 Å². The Morgan fingerprint density at radius 3 is 2.46 bits per heavy atom. The summed E-state index contributed by atoms with van der Waals surface area (Å²) in [4.78, 5) is 15.0. The van der Waals surface area contributed by atoms with Crippen molar-refractivity contribution in [2.45, 2.75) is 26.7 Å². The molecule has 1 aromatic heterocycles. The number of aryl methyl sites for hydroxylation is 1. The molecule has 2 aromatic rings. The average Bonchev–Trinajstić information content (AvgIpc) is 2.90. The van der Waals surface area contributed by atoms with Crippen molar-refractivity contribution >= 4 is 5.91 Å². The number of amides is 1. The van der Waals surface area contributed by atoms with Gasteiger partial charge < -0.3 is 14.8 Å². The van der Waals surface area contributed by atoms with E-state index in [-0.39, 0.29) is 5.91 Å². The lowest BCUT2D eigenvalue weighted by Crippen LogP contribution is -2.40. The maximum atomic E-state index is 13.0. The third-order valence-electron chi connectivity index (χ3n) is 5.07. The van der Waals surface area contributed by atoms with Gasteiger partial charge >= 0.3 is 0 Å². The van der Waals surface area contributed by atoms with Crippen LogP contribution in [0.3, 0.4) is 0 Å². The highest BCUT2D eigenvalue weighted by Gasteiger charge is 2.26. The summed E-state index contributed by atoms with van der Waals surface area (Å²) in [7, 11) is 2.00. The summed E-state index contributed by atoms with van der Waals surface area (Å²) < 4.78 is 2.17. The van der Waals surface area contributed by atoms with Crippen molar-refractivity contribution in [1.82, 2.24) is 14.8 Å². The molecule has 0 saturated carbocycles. The first-order valence-corrected chi connectivity index (χ1v) is 8.80. The summed E-state index contributed by atoms with van der Waals surface area (Å²) in [6, 6.07) is 12.3. The molecule has 1 amide bonds. The third kappa shape index (κ3) is 3.24. The first-order valence-electron chi connectivity index (χ1n) is 8.80. The molecule has 4 heteroatoms. The largest absolute Gasteiger partial charge is 0.339 e. The molecular formula is C20H27N3O. The fourth-order valence-corrected chi connectivity index (χ4v) is 3.75. The highest BCUT2D eigenvalue weighted by atomic mass is 16.2. The van der Waals surface area contributed by atoms with Crippen LogP contribution in [0.25, 0.3) is 5.69 Å². The minimum Gasteiger partial charge on any atom is -0.339 e. The van der Waals surface area contributed by atoms with Gasteiger partial charge in [-0.15, -0.1) is 0 Å². The number of para-hydroxylation sites is 1. The maximum Gasteiger partial charge on any atom is 0.255 e. The van der Waals surface area contributed by atoms with Gasteiger partial charge in [-0.05, 0) is 64.4 Å². The zero-order chi connectivity index (χ0) is 17.1. The van der Waals surface area contributed by atoms with E-state index >= 15 is 0 Å². The van der Waals surface area contributed by atoms with Gasteiger partial charge in [-0.3, -0.25) is 4.79 Å². The molecule has 1 aromatic carbocycles. The first-order chi connectivity index (χ1) is 11.6. The van der Waals surface area contributed by atoms with E-state index in [4.69, 9.17) is 0 Å². The standard InChI is InChI=1S/C20H27N3O/c1-15-13-19(16(2)23(15)18-7-5-4-6-8-18)20(24)22-11-9-17(10-12-22)14-21-3/h4-8,13,17,21H,9-12,14H2,1-3H3. The molecule has 1 aliphatic rings. The lowest BCUT2D eigenvalue weighted by molar-refractivity contribution is 0.0690. The van der Waals surface area contributed by atoms with Gasteiger partial charge in [0.15, 0.2) is 0 Å². The number of carbonyl (C=O) groups excluding carboxylic acids is 1. The van der Waals surface area contributed by atoms with Gasteiger partial charge in [0.1, 0.15) is 0 Å². The Morgan fingerprint density at radius 1 is 1.17 bits per heavy atom. The fraction of sp³-hybridized carbons (Fsp3) is 0.450. The van der Waals surface area contributed by atoms with Crippen LogP contribution >= 0.6 is 0 Å². The molecule has 0 radical (unpaired) electrons. The van der Waals surface area contributed by atoms with Gasteiger partial charge in [-0.1, -0.05) is 18.2 Å². The van der Waals surface area contributed by atoms with Crippen molar-refractivity contribution in [3.63, 3.8) is 0 Å². The lowest BCUT2D eigenvalue weighted by atomic mass is 9.96. The van der Waals surface area contributed by atoms with Crippen molar-refractivity contribution < 1.29 is 4.79 Å². The monoisotopic (exact) mass is 325 g/mol. The number of nitrogens with zero attached hydrogens (tertiary/aromatic N) is 2. The number of aromatic nitrogens is 1. The normalized spacial score (nSPS) is 15.7. The Bertz CT molecular complexity index is 697. The number of piperidine rings is 1. The van der Waals surface area contributed by atoms with Gasteiger partial charge in [0.25, 0.3) is 5.91 Å². The highest BCUT2D eigenvalue weighted by Crippen LogP contribution is 2.24. The van der Waals surface area contributed by atoms with E-state index in [1.54, 1.807) is 0 Å². The van der Waals surface area contributed by atoms with Gasteiger partial charge in [0, 0.05) is 30.2 Å². The molecule has 0 bridgehead atoms. The molecule has 1 saturated heterocycles. The number of rotatable bonds is 4. The zero-order valence-electron chi connectivity index (χ0n) is 14.9. The highest BCUT2D eigenvalue weighted by molar-refractivity contribution is 5.96. The Balaban J connectivity index is 1.80. The molecular weight excluding hydrogens is 298 g/mol. The summed E-state index contributed by atoms with van der Waals surface area (Å²) in [5.41, 5.74) is 4.08. The molecule has 2 heterocycles. The summed E-state index contributed by atoms with van der Waals surface area (Å²) in [6.07, 6.45) is 2.17. The number of likely N-dealkylation sites (tertiary alicyclic amines) is 1. The van der Waals surface area contributed by atoms with Crippen LogP contribution in [0.5, 0.6) is 0 Å². The van der Waals surface area contributed by atoms with E-state index < -0.39 is 0 Å². The molecule has 1 fully saturated rings. The van der Waals surface area contributed by atoms with Gasteiger partial charge in [-0.2, -0.15) is 0 Å². The zero-order valence-corrected chi connectivity index (χ0v) is 14.9. The topological polar surface area (TPSA) is 37.3 Å². The van der Waals surface area contributed by atoms with Crippen LogP contribution in [0.4, 0.5) is 0 Å². The molecule has 0 atom stereocenters. The molecule has 1 N–H and O–H groups in total. The second kappa shape index (κ2) is 7.22. The fourth-order valence-electron chi connectivity index (χ4n) is 3.75. The van der Waals surface area contributed by atoms with E-state index in [0.717, 1.165) is 55.1 Å². The molecule has 24 heavy (non-hydrogen) atoms. The van der Waals surface area contributed by atoms with Crippen LogP contribution in [0.1, 0.15) is 34.6 Å². The number of nitrogens with one attached hydrogen (secondary N) is 1. The number of hydrogen-bond donors (Lipinski definition) is 1. The van der Waals surface area contributed by atoms with Crippen molar-refractivity contribution in [2.24, 2.45) is 5.92 Å². The summed E-state index contributed by atoms with van der Waals surface area (Å²) >= 11 is 0. The Hall–Kier alpha value is -2.07. The van der Waals surface area contributed by atoms with Crippen LogP contribution in [-0.2, 0) is 0 Å². The van der Waals surface area contributed by atoms with Crippen molar-refractivity contribution in [3.05, 3.63) is 53.3 Å². The Kier molecular flexibility index (Phi) is 5.05. The number of hydrogen-bond acceptors (Lipinski definition) is 2. The number of benzene rings is 1. The van der Waals surface area contributed by atoms with E-state index in [1.165, 1.54) is 0 Å². The minimum atomic E-state index is 0.174. The summed E-state index contributed by atoms with van der Waals surface area (Å²) in [5.74, 6) is 0.865. The van der Waals surface area contributed by atoms with E-state index in [1.807, 2.05) is 43.1 Å². The third-order valence-corrected chi connectivity index (χ3v) is 5.07. The van der Waals surface area contributed by atoms with Crippen LogP contribution in [0.15, 0.2) is 36.4 Å². The molecule has 4 nitrogen and oxygen atoms in total. The molecule has 0 aliphatic carbocycles. The van der Waals surface area contributed by atoms with Crippen molar-refractivity contribution in [1.29, 1.82) is 0 Å². The van der Waals surface area contributed by atoms with Crippen LogP contribution in [0, 0.1) is 19.8 Å². The Labute approximate surface area is 144 Å². The molecule has 0 spiro atoms. The van der Waals surface area contributed by atoms with Crippen LogP contribution < -0.4 is 5.32 Å². The lowest BCUT2D eigenvalue weighted by Gasteiger charge is -2.32. The molecule has 1 aliphatic heterocycles. The maximum absolute atomic E-state index is 13.0. The molecule has 3 rings (SSSR count). The van der Waals surface area contributed by atoms with Gasteiger partial charge in [0.05, 0.1) is 5.56 Å².